The highest BCUT2D eigenvalue weighted by Gasteiger charge is 2.19. The number of nitrogens with zero attached hydrogens (tertiary/aromatic N) is 5. The van der Waals surface area contributed by atoms with Gasteiger partial charge in [0.05, 0.1) is 6.20 Å². The minimum Gasteiger partial charge on any atom is -0.339 e. The van der Waals surface area contributed by atoms with Crippen LogP contribution in [0, 0.1) is 13.8 Å². The molecule has 2 heterocycles. The molecular weight excluding hydrogens is 348 g/mol. The number of anilines is 3. The van der Waals surface area contributed by atoms with Gasteiger partial charge in [-0.05, 0) is 42.7 Å². The number of nitrogens with one attached hydrogen (secondary N) is 1. The van der Waals surface area contributed by atoms with Crippen LogP contribution < -0.4 is 10.2 Å². The van der Waals surface area contributed by atoms with Crippen LogP contribution in [0.3, 0.4) is 0 Å². The van der Waals surface area contributed by atoms with Gasteiger partial charge in [-0.2, -0.15) is 10.1 Å². The van der Waals surface area contributed by atoms with Crippen LogP contribution in [0.2, 0.25) is 0 Å². The maximum absolute atomic E-state index is 4.68. The van der Waals surface area contributed by atoms with Gasteiger partial charge >= 0.3 is 0 Å². The number of hydrogen-bond acceptors (Lipinski definition) is 6. The first-order valence-electron chi connectivity index (χ1n) is 9.72. The van der Waals surface area contributed by atoms with Crippen molar-refractivity contribution in [3.63, 3.8) is 0 Å². The summed E-state index contributed by atoms with van der Waals surface area (Å²) in [5.41, 5.74) is 4.90. The van der Waals surface area contributed by atoms with Gasteiger partial charge in [-0.15, -0.1) is 5.10 Å². The van der Waals surface area contributed by atoms with Crippen molar-refractivity contribution in [2.24, 2.45) is 0 Å². The summed E-state index contributed by atoms with van der Waals surface area (Å²) in [7, 11) is 0. The zero-order chi connectivity index (χ0) is 19.3. The summed E-state index contributed by atoms with van der Waals surface area (Å²) in [6, 6.07) is 16.9. The summed E-state index contributed by atoms with van der Waals surface area (Å²) in [5.74, 6) is 1.41. The van der Waals surface area contributed by atoms with Crippen LogP contribution in [0.25, 0.3) is 0 Å². The van der Waals surface area contributed by atoms with Crippen molar-refractivity contribution in [2.75, 3.05) is 36.4 Å². The second kappa shape index (κ2) is 8.35. The highest BCUT2D eigenvalue weighted by molar-refractivity contribution is 5.58. The molecule has 6 nitrogen and oxygen atoms in total. The largest absolute Gasteiger partial charge is 0.339 e. The molecule has 6 heteroatoms. The maximum atomic E-state index is 4.68. The van der Waals surface area contributed by atoms with Crippen molar-refractivity contribution in [1.29, 1.82) is 0 Å². The second-order valence-electron chi connectivity index (χ2n) is 7.31. The Labute approximate surface area is 166 Å². The first-order chi connectivity index (χ1) is 13.7. The Balaban J connectivity index is 1.37. The van der Waals surface area contributed by atoms with Crippen LogP contribution in [0.4, 0.5) is 17.5 Å². The normalized spacial score (nSPS) is 14.9. The highest BCUT2D eigenvalue weighted by atomic mass is 15.4. The van der Waals surface area contributed by atoms with Gasteiger partial charge in [0.15, 0.2) is 5.82 Å². The van der Waals surface area contributed by atoms with Gasteiger partial charge in [-0.1, -0.05) is 36.4 Å². The van der Waals surface area contributed by atoms with Crippen LogP contribution >= 0.6 is 0 Å². The van der Waals surface area contributed by atoms with Crippen molar-refractivity contribution in [3.05, 3.63) is 71.4 Å². The van der Waals surface area contributed by atoms with E-state index in [1.165, 1.54) is 16.7 Å². The number of hydrogen-bond donors (Lipinski definition) is 1. The van der Waals surface area contributed by atoms with E-state index in [1.807, 2.05) is 0 Å². The SMILES string of the molecule is Cc1ccc(Nc2cnnc(N3CCN(Cc4ccccc4)CC3)n2)cc1C. The summed E-state index contributed by atoms with van der Waals surface area (Å²) in [6.07, 6.45) is 1.67. The fraction of sp³-hybridized carbons (Fsp3) is 0.318. The third kappa shape index (κ3) is 4.46. The molecule has 0 unspecified atom stereocenters. The van der Waals surface area contributed by atoms with E-state index in [1.54, 1.807) is 6.20 Å². The van der Waals surface area contributed by atoms with Gasteiger partial charge in [0.25, 0.3) is 0 Å². The van der Waals surface area contributed by atoms with Gasteiger partial charge in [0.2, 0.25) is 5.95 Å². The molecule has 0 aliphatic carbocycles. The van der Waals surface area contributed by atoms with E-state index in [4.69, 9.17) is 0 Å². The minimum absolute atomic E-state index is 0.688. The smallest absolute Gasteiger partial charge is 0.247 e. The Kier molecular flexibility index (Phi) is 5.48. The van der Waals surface area contributed by atoms with Crippen LogP contribution in [-0.2, 0) is 6.54 Å². The summed E-state index contributed by atoms with van der Waals surface area (Å²) in [6.45, 7) is 9.01. The molecule has 0 radical (unpaired) electrons. The first-order valence-corrected chi connectivity index (χ1v) is 9.72. The molecule has 0 spiro atoms. The minimum atomic E-state index is 0.688. The van der Waals surface area contributed by atoms with Crippen molar-refractivity contribution >= 4 is 17.5 Å². The maximum Gasteiger partial charge on any atom is 0.247 e. The van der Waals surface area contributed by atoms with Crippen molar-refractivity contribution in [1.82, 2.24) is 20.1 Å². The molecule has 0 saturated carbocycles. The molecule has 3 aromatic rings. The predicted molar refractivity (Wildman–Crippen MR) is 113 cm³/mol. The zero-order valence-corrected chi connectivity index (χ0v) is 16.5. The standard InChI is InChI=1S/C22H26N6/c1-17-8-9-20(14-18(17)2)24-21-15-23-26-22(25-21)28-12-10-27(11-13-28)16-19-6-4-3-5-7-19/h3-9,14-15H,10-13,16H2,1-2H3,(H,24,25,26). The number of rotatable bonds is 5. The van der Waals surface area contributed by atoms with E-state index >= 15 is 0 Å². The quantitative estimate of drug-likeness (QED) is 0.737. The molecule has 4 rings (SSSR count). The first kappa shape index (κ1) is 18.4. The topological polar surface area (TPSA) is 57.2 Å². The summed E-state index contributed by atoms with van der Waals surface area (Å²) >= 11 is 0. The van der Waals surface area contributed by atoms with Gasteiger partial charge < -0.3 is 10.2 Å². The van der Waals surface area contributed by atoms with Crippen LogP contribution in [0.5, 0.6) is 0 Å². The monoisotopic (exact) mass is 374 g/mol. The van der Waals surface area contributed by atoms with E-state index < -0.39 is 0 Å². The number of aryl methyl sites for hydroxylation is 2. The zero-order valence-electron chi connectivity index (χ0n) is 16.5. The average Bonchev–Trinajstić information content (AvgIpc) is 2.72. The lowest BCUT2D eigenvalue weighted by molar-refractivity contribution is 0.248. The van der Waals surface area contributed by atoms with E-state index in [9.17, 15) is 0 Å². The Morgan fingerprint density at radius 3 is 2.46 bits per heavy atom. The third-order valence-corrected chi connectivity index (χ3v) is 5.23. The lowest BCUT2D eigenvalue weighted by Crippen LogP contribution is -2.46. The highest BCUT2D eigenvalue weighted by Crippen LogP contribution is 2.19. The van der Waals surface area contributed by atoms with Crippen LogP contribution in [0.1, 0.15) is 16.7 Å². The summed E-state index contributed by atoms with van der Waals surface area (Å²) in [5, 5.41) is 11.7. The molecule has 0 bridgehead atoms. The Morgan fingerprint density at radius 2 is 1.71 bits per heavy atom. The molecule has 1 aromatic heterocycles. The van der Waals surface area contributed by atoms with E-state index in [0.717, 1.165) is 44.2 Å². The van der Waals surface area contributed by atoms with E-state index in [-0.39, 0.29) is 0 Å². The second-order valence-corrected chi connectivity index (χ2v) is 7.31. The molecule has 1 N–H and O–H groups in total. The lowest BCUT2D eigenvalue weighted by atomic mass is 10.1. The molecule has 1 aliphatic heterocycles. The van der Waals surface area contributed by atoms with Gasteiger partial charge in [-0.25, -0.2) is 0 Å². The number of aromatic nitrogens is 3. The fourth-order valence-electron chi connectivity index (χ4n) is 3.40. The lowest BCUT2D eigenvalue weighted by Gasteiger charge is -2.34. The molecule has 28 heavy (non-hydrogen) atoms. The van der Waals surface area contributed by atoms with Crippen molar-refractivity contribution in [3.8, 4) is 0 Å². The Bertz CT molecular complexity index is 919. The summed E-state index contributed by atoms with van der Waals surface area (Å²) < 4.78 is 0. The predicted octanol–water partition coefficient (Wildman–Crippen LogP) is 3.55. The van der Waals surface area contributed by atoms with Crippen LogP contribution in [0.15, 0.2) is 54.7 Å². The van der Waals surface area contributed by atoms with Crippen LogP contribution in [-0.4, -0.2) is 46.3 Å². The summed E-state index contributed by atoms with van der Waals surface area (Å²) in [4.78, 5) is 9.35. The molecule has 0 atom stereocenters. The number of piperazine rings is 1. The Hall–Kier alpha value is -2.99. The third-order valence-electron chi connectivity index (χ3n) is 5.23. The molecule has 1 fully saturated rings. The van der Waals surface area contributed by atoms with Gasteiger partial charge in [0.1, 0.15) is 0 Å². The molecule has 1 aliphatic rings. The fourth-order valence-corrected chi connectivity index (χ4v) is 3.40. The number of benzene rings is 2. The molecular formula is C22H26N6. The Morgan fingerprint density at radius 1 is 0.929 bits per heavy atom. The average molecular weight is 374 g/mol. The van der Waals surface area contributed by atoms with Crippen molar-refractivity contribution in [2.45, 2.75) is 20.4 Å². The van der Waals surface area contributed by atoms with Crippen molar-refractivity contribution < 1.29 is 0 Å². The van der Waals surface area contributed by atoms with Gasteiger partial charge in [0, 0.05) is 38.4 Å². The molecule has 2 aromatic carbocycles. The molecule has 144 valence electrons. The van der Waals surface area contributed by atoms with Gasteiger partial charge in [-0.3, -0.25) is 4.90 Å². The van der Waals surface area contributed by atoms with E-state index in [0.29, 0.717) is 5.95 Å². The molecule has 1 saturated heterocycles. The molecule has 0 amide bonds. The van der Waals surface area contributed by atoms with E-state index in [2.05, 4.69) is 92.7 Å².